The molecule has 2 aromatic carbocycles. The molecule has 0 bridgehead atoms. The molecule has 0 radical (unpaired) electrons. The minimum Gasteiger partial charge on any atom is -1.00 e. The third-order valence-electron chi connectivity index (χ3n) is 2.66. The maximum atomic E-state index is 11.1. The van der Waals surface area contributed by atoms with Gasteiger partial charge < -0.3 is 12.3 Å². The summed E-state index contributed by atoms with van der Waals surface area (Å²) in [5.41, 5.74) is 5.20. The van der Waals surface area contributed by atoms with E-state index in [4.69, 9.17) is 14.8 Å². The Kier molecular flexibility index (Phi) is 4.95. The van der Waals surface area contributed by atoms with Gasteiger partial charge in [0.1, 0.15) is 4.90 Å². The Balaban J connectivity index is 0.00000220. The van der Waals surface area contributed by atoms with Gasteiger partial charge in [-0.25, -0.2) is 0 Å². The number of aromatic hydroxyl groups is 1. The Bertz CT molecular complexity index is 928. The molecule has 0 saturated heterocycles. The molecule has 2 rings (SSSR count). The van der Waals surface area contributed by atoms with Crippen LogP contribution in [0.25, 0.3) is 10.8 Å². The molecule has 21 heavy (non-hydrogen) atoms. The van der Waals surface area contributed by atoms with Gasteiger partial charge >= 0.3 is 29.6 Å². The average molecular weight is 343 g/mol. The zero-order chi connectivity index (χ0) is 15.3. The molecule has 0 unspecified atom stereocenters. The first-order chi connectivity index (χ1) is 9.01. The Morgan fingerprint density at radius 3 is 2.05 bits per heavy atom. The monoisotopic (exact) mass is 343 g/mol. The van der Waals surface area contributed by atoms with E-state index in [0.717, 1.165) is 18.2 Å². The van der Waals surface area contributed by atoms with Crippen LogP contribution in [0.15, 0.2) is 34.1 Å². The number of nitrogens with two attached hydrogens (primary N) is 1. The minimum atomic E-state index is -4.74. The molecule has 0 aliphatic rings. The van der Waals surface area contributed by atoms with Crippen LogP contribution in [0.3, 0.4) is 0 Å². The Morgan fingerprint density at radius 1 is 1.00 bits per heavy atom. The fourth-order valence-corrected chi connectivity index (χ4v) is 2.88. The molecule has 0 saturated carbocycles. The zero-order valence-electron chi connectivity index (χ0n) is 11.7. The standard InChI is InChI=1S/C10H9NO7S2.Na.H/c11-9-7-2-1-6(19(13,14)15)3-5(7)4-8(10(9)12)20(16,17)18;;/h1-4,12H,11H2,(H,13,14,15)(H,16,17,18);;/q;+1;-1. The van der Waals surface area contributed by atoms with Crippen LogP contribution < -0.4 is 35.3 Å². The van der Waals surface area contributed by atoms with Gasteiger partial charge in [-0.3, -0.25) is 9.11 Å². The molecule has 8 nitrogen and oxygen atoms in total. The number of nitrogen functional groups attached to an aromatic ring is 1. The second-order valence-electron chi connectivity index (χ2n) is 3.97. The molecule has 110 valence electrons. The number of hydrogen-bond acceptors (Lipinski definition) is 6. The summed E-state index contributed by atoms with van der Waals surface area (Å²) < 4.78 is 62.1. The fourth-order valence-electron chi connectivity index (χ4n) is 1.73. The van der Waals surface area contributed by atoms with E-state index in [1.807, 2.05) is 0 Å². The molecule has 0 aromatic heterocycles. The SMILES string of the molecule is Nc1c(O)c(S(=O)(=O)O)cc2cc(S(=O)(=O)O)ccc12.[H-].[Na+]. The van der Waals surface area contributed by atoms with Gasteiger partial charge in [0.25, 0.3) is 20.2 Å². The van der Waals surface area contributed by atoms with Gasteiger partial charge in [-0.2, -0.15) is 16.8 Å². The van der Waals surface area contributed by atoms with E-state index in [-0.39, 0.29) is 47.4 Å². The van der Waals surface area contributed by atoms with E-state index in [1.54, 1.807) is 0 Å². The van der Waals surface area contributed by atoms with Crippen molar-refractivity contribution >= 4 is 36.7 Å². The van der Waals surface area contributed by atoms with E-state index in [0.29, 0.717) is 0 Å². The van der Waals surface area contributed by atoms with Gasteiger partial charge in [0.2, 0.25) is 0 Å². The molecule has 0 aliphatic carbocycles. The third kappa shape index (κ3) is 3.48. The van der Waals surface area contributed by atoms with Crippen molar-refractivity contribution in [1.29, 1.82) is 0 Å². The summed E-state index contributed by atoms with van der Waals surface area (Å²) in [6.45, 7) is 0. The maximum Gasteiger partial charge on any atom is 1.00 e. The molecule has 0 atom stereocenters. The second-order valence-corrected chi connectivity index (χ2v) is 6.78. The van der Waals surface area contributed by atoms with E-state index in [1.165, 1.54) is 6.07 Å². The molecule has 0 fully saturated rings. The molecule has 5 N–H and O–H groups in total. The third-order valence-corrected chi connectivity index (χ3v) is 4.38. The van der Waals surface area contributed by atoms with Gasteiger partial charge in [0.05, 0.1) is 10.6 Å². The van der Waals surface area contributed by atoms with Gasteiger partial charge in [-0.15, -0.1) is 0 Å². The van der Waals surface area contributed by atoms with Crippen LogP contribution in [0.4, 0.5) is 5.69 Å². The molecule has 0 heterocycles. The average Bonchev–Trinajstić information content (AvgIpc) is 2.30. The number of rotatable bonds is 2. The van der Waals surface area contributed by atoms with E-state index < -0.39 is 35.8 Å². The van der Waals surface area contributed by atoms with Crippen LogP contribution in [0.5, 0.6) is 5.75 Å². The Hall–Kier alpha value is -0.880. The first-order valence-electron chi connectivity index (χ1n) is 5.02. The zero-order valence-corrected chi connectivity index (χ0v) is 14.3. The molecule has 0 aliphatic heterocycles. The van der Waals surface area contributed by atoms with E-state index >= 15 is 0 Å². The Labute approximate surface area is 143 Å². The number of anilines is 1. The molecule has 0 spiro atoms. The van der Waals surface area contributed by atoms with E-state index in [9.17, 15) is 21.9 Å². The minimum absolute atomic E-state index is 0. The van der Waals surface area contributed by atoms with Gasteiger partial charge in [0.15, 0.2) is 5.75 Å². The first-order valence-corrected chi connectivity index (χ1v) is 7.90. The number of fused-ring (bicyclic) bond motifs is 1. The largest absolute Gasteiger partial charge is 1.00 e. The molecule has 0 amide bonds. The molecule has 2 aromatic rings. The predicted octanol–water partition coefficient (Wildman–Crippen LogP) is -2.26. The van der Waals surface area contributed by atoms with Crippen molar-refractivity contribution in [3.63, 3.8) is 0 Å². The van der Waals surface area contributed by atoms with Crippen LogP contribution in [-0.2, 0) is 20.2 Å². The smallest absolute Gasteiger partial charge is 1.00 e. The fraction of sp³-hybridized carbons (Fsp3) is 0. The summed E-state index contributed by atoms with van der Waals surface area (Å²) in [5, 5.41) is 9.81. The van der Waals surface area contributed by atoms with Gasteiger partial charge in [-0.05, 0) is 23.6 Å². The maximum absolute atomic E-state index is 11.1. The number of benzene rings is 2. The Morgan fingerprint density at radius 2 is 1.57 bits per heavy atom. The summed E-state index contributed by atoms with van der Waals surface area (Å²) >= 11 is 0. The van der Waals surface area contributed by atoms with Crippen molar-refractivity contribution in [2.45, 2.75) is 9.79 Å². The normalized spacial score (nSPS) is 12.1. The van der Waals surface area contributed by atoms with Crippen LogP contribution in [0, 0.1) is 0 Å². The first kappa shape index (κ1) is 18.2. The van der Waals surface area contributed by atoms with Crippen molar-refractivity contribution in [2.75, 3.05) is 5.73 Å². The van der Waals surface area contributed by atoms with Crippen LogP contribution in [0.1, 0.15) is 1.43 Å². The molecular formula is C10H10NNaO7S2. The van der Waals surface area contributed by atoms with Crippen molar-refractivity contribution in [3.8, 4) is 5.75 Å². The molecule has 11 heteroatoms. The van der Waals surface area contributed by atoms with E-state index in [2.05, 4.69) is 0 Å². The predicted molar refractivity (Wildman–Crippen MR) is 70.8 cm³/mol. The second kappa shape index (κ2) is 5.72. The van der Waals surface area contributed by atoms with Crippen LogP contribution >= 0.6 is 0 Å². The van der Waals surface area contributed by atoms with Crippen molar-refractivity contribution in [1.82, 2.24) is 0 Å². The van der Waals surface area contributed by atoms with Crippen molar-refractivity contribution < 1.29 is 62.0 Å². The van der Waals surface area contributed by atoms with Crippen LogP contribution in [-0.4, -0.2) is 31.0 Å². The van der Waals surface area contributed by atoms with Crippen molar-refractivity contribution in [2.24, 2.45) is 0 Å². The number of hydrogen-bond donors (Lipinski definition) is 4. The quantitative estimate of drug-likeness (QED) is 0.206. The number of phenolic OH excluding ortho intramolecular Hbond substituents is 1. The van der Waals surface area contributed by atoms with Gasteiger partial charge in [-0.1, -0.05) is 6.07 Å². The summed E-state index contributed by atoms with van der Waals surface area (Å²) in [7, 11) is -9.22. The topological polar surface area (TPSA) is 155 Å². The summed E-state index contributed by atoms with van der Waals surface area (Å²) in [5.74, 6) is -0.834. The number of phenols is 1. The summed E-state index contributed by atoms with van der Waals surface area (Å²) in [4.78, 5) is -1.33. The van der Waals surface area contributed by atoms with Crippen LogP contribution in [0.2, 0.25) is 0 Å². The summed E-state index contributed by atoms with van der Waals surface area (Å²) in [6, 6.07) is 4.06. The molecular weight excluding hydrogens is 333 g/mol. The van der Waals surface area contributed by atoms with Gasteiger partial charge in [0, 0.05) is 5.39 Å². The van der Waals surface area contributed by atoms with Crippen molar-refractivity contribution in [3.05, 3.63) is 24.3 Å². The summed E-state index contributed by atoms with van der Waals surface area (Å²) in [6.07, 6.45) is 0.